The standard InChI is InChI=1S/C14H25N3O/c1-8(2)7-10(5)18-14-11(6)12(15)16-13(17-14)9(3)4/h8-10H,7H2,1-6H3,(H2,15,16,17). The van der Waals surface area contributed by atoms with Crippen LogP contribution in [0.25, 0.3) is 0 Å². The summed E-state index contributed by atoms with van der Waals surface area (Å²) in [4.78, 5) is 8.75. The van der Waals surface area contributed by atoms with Gasteiger partial charge >= 0.3 is 0 Å². The molecule has 0 aliphatic heterocycles. The van der Waals surface area contributed by atoms with Crippen LogP contribution in [0.2, 0.25) is 0 Å². The Morgan fingerprint density at radius 3 is 2.22 bits per heavy atom. The molecule has 4 nitrogen and oxygen atoms in total. The normalized spacial score (nSPS) is 13.1. The molecule has 18 heavy (non-hydrogen) atoms. The van der Waals surface area contributed by atoms with Crippen molar-refractivity contribution in [2.75, 3.05) is 5.73 Å². The van der Waals surface area contributed by atoms with Crippen molar-refractivity contribution in [1.82, 2.24) is 9.97 Å². The quantitative estimate of drug-likeness (QED) is 0.872. The third kappa shape index (κ3) is 3.86. The van der Waals surface area contributed by atoms with Crippen LogP contribution in [0, 0.1) is 12.8 Å². The van der Waals surface area contributed by atoms with Crippen LogP contribution >= 0.6 is 0 Å². The molecule has 0 aromatic carbocycles. The highest BCUT2D eigenvalue weighted by atomic mass is 16.5. The van der Waals surface area contributed by atoms with Crippen LogP contribution in [0.15, 0.2) is 0 Å². The first kappa shape index (κ1) is 14.7. The fourth-order valence-corrected chi connectivity index (χ4v) is 1.81. The second-order valence-electron chi connectivity index (χ2n) is 5.61. The number of nitrogens with two attached hydrogens (primary N) is 1. The van der Waals surface area contributed by atoms with Crippen molar-refractivity contribution in [2.45, 2.75) is 60.0 Å². The van der Waals surface area contributed by atoms with Crippen LogP contribution in [0.1, 0.15) is 58.3 Å². The van der Waals surface area contributed by atoms with E-state index in [1.54, 1.807) is 0 Å². The third-order valence-corrected chi connectivity index (χ3v) is 2.79. The second-order valence-corrected chi connectivity index (χ2v) is 5.61. The Labute approximate surface area is 110 Å². The molecule has 0 aliphatic rings. The number of hydrogen-bond donors (Lipinski definition) is 1. The van der Waals surface area contributed by atoms with Gasteiger partial charge in [-0.2, -0.15) is 4.98 Å². The van der Waals surface area contributed by atoms with E-state index >= 15 is 0 Å². The molecule has 1 atom stereocenters. The molecule has 1 unspecified atom stereocenters. The van der Waals surface area contributed by atoms with Gasteiger partial charge in [-0.3, -0.25) is 0 Å². The van der Waals surface area contributed by atoms with Crippen LogP contribution in [0.5, 0.6) is 5.88 Å². The van der Waals surface area contributed by atoms with E-state index in [9.17, 15) is 0 Å². The smallest absolute Gasteiger partial charge is 0.222 e. The SMILES string of the molecule is Cc1c(N)nc(C(C)C)nc1OC(C)CC(C)C. The minimum absolute atomic E-state index is 0.137. The van der Waals surface area contributed by atoms with E-state index in [1.165, 1.54) is 0 Å². The topological polar surface area (TPSA) is 61.0 Å². The monoisotopic (exact) mass is 251 g/mol. The highest BCUT2D eigenvalue weighted by molar-refractivity contribution is 5.44. The molecular weight excluding hydrogens is 226 g/mol. The Morgan fingerprint density at radius 1 is 1.11 bits per heavy atom. The third-order valence-electron chi connectivity index (χ3n) is 2.79. The molecule has 0 amide bonds. The van der Waals surface area contributed by atoms with E-state index in [-0.39, 0.29) is 12.0 Å². The minimum Gasteiger partial charge on any atom is -0.474 e. The Bertz CT molecular complexity index is 402. The van der Waals surface area contributed by atoms with Gasteiger partial charge < -0.3 is 10.5 Å². The number of nitrogen functional groups attached to an aromatic ring is 1. The van der Waals surface area contributed by atoms with Crippen molar-refractivity contribution in [3.63, 3.8) is 0 Å². The van der Waals surface area contributed by atoms with E-state index in [2.05, 4.69) is 30.7 Å². The molecule has 0 saturated heterocycles. The molecule has 0 radical (unpaired) electrons. The fourth-order valence-electron chi connectivity index (χ4n) is 1.81. The van der Waals surface area contributed by atoms with Gasteiger partial charge in [-0.15, -0.1) is 0 Å². The van der Waals surface area contributed by atoms with E-state index in [0.29, 0.717) is 17.6 Å². The predicted octanol–water partition coefficient (Wildman–Crippen LogP) is 3.30. The van der Waals surface area contributed by atoms with Crippen molar-refractivity contribution in [3.05, 3.63) is 11.4 Å². The van der Waals surface area contributed by atoms with Gasteiger partial charge in [0.15, 0.2) is 0 Å². The Balaban J connectivity index is 2.93. The molecule has 0 bridgehead atoms. The van der Waals surface area contributed by atoms with Crippen molar-refractivity contribution in [3.8, 4) is 5.88 Å². The molecule has 1 heterocycles. The molecule has 1 aromatic rings. The molecule has 4 heteroatoms. The number of ether oxygens (including phenoxy) is 1. The van der Waals surface area contributed by atoms with Gasteiger partial charge in [0.05, 0.1) is 11.7 Å². The lowest BCUT2D eigenvalue weighted by atomic mass is 10.1. The summed E-state index contributed by atoms with van der Waals surface area (Å²) in [5, 5.41) is 0. The van der Waals surface area contributed by atoms with Gasteiger partial charge in [-0.1, -0.05) is 27.7 Å². The first-order valence-corrected chi connectivity index (χ1v) is 6.61. The summed E-state index contributed by atoms with van der Waals surface area (Å²) in [6.07, 6.45) is 1.14. The number of nitrogens with zero attached hydrogens (tertiary/aromatic N) is 2. The zero-order valence-electron chi connectivity index (χ0n) is 12.3. The molecule has 0 fully saturated rings. The van der Waals surface area contributed by atoms with Gasteiger partial charge in [0, 0.05) is 5.92 Å². The van der Waals surface area contributed by atoms with Gasteiger partial charge in [0.1, 0.15) is 11.6 Å². The average Bonchev–Trinajstić information content (AvgIpc) is 2.22. The van der Waals surface area contributed by atoms with Crippen molar-refractivity contribution in [2.24, 2.45) is 5.92 Å². The van der Waals surface area contributed by atoms with Gasteiger partial charge in [0.2, 0.25) is 5.88 Å². The van der Waals surface area contributed by atoms with Crippen LogP contribution in [0.3, 0.4) is 0 Å². The summed E-state index contributed by atoms with van der Waals surface area (Å²) in [7, 11) is 0. The summed E-state index contributed by atoms with van der Waals surface area (Å²) < 4.78 is 5.90. The summed E-state index contributed by atoms with van der Waals surface area (Å²) in [6.45, 7) is 12.4. The second kappa shape index (κ2) is 6.03. The first-order valence-electron chi connectivity index (χ1n) is 6.61. The lowest BCUT2D eigenvalue weighted by Crippen LogP contribution is -2.17. The number of hydrogen-bond acceptors (Lipinski definition) is 4. The Hall–Kier alpha value is -1.32. The number of anilines is 1. The van der Waals surface area contributed by atoms with Gasteiger partial charge in [-0.05, 0) is 26.2 Å². The maximum Gasteiger partial charge on any atom is 0.222 e. The zero-order chi connectivity index (χ0) is 13.9. The molecule has 1 rings (SSSR count). The Morgan fingerprint density at radius 2 is 1.72 bits per heavy atom. The molecular formula is C14H25N3O. The van der Waals surface area contributed by atoms with Gasteiger partial charge in [0.25, 0.3) is 0 Å². The maximum atomic E-state index is 5.91. The summed E-state index contributed by atoms with van der Waals surface area (Å²) in [5.74, 6) is 2.73. The highest BCUT2D eigenvalue weighted by Gasteiger charge is 2.15. The zero-order valence-corrected chi connectivity index (χ0v) is 12.3. The van der Waals surface area contributed by atoms with Crippen molar-refractivity contribution in [1.29, 1.82) is 0 Å². The lowest BCUT2D eigenvalue weighted by molar-refractivity contribution is 0.183. The molecule has 1 aromatic heterocycles. The highest BCUT2D eigenvalue weighted by Crippen LogP contribution is 2.24. The molecule has 0 spiro atoms. The van der Waals surface area contributed by atoms with Crippen molar-refractivity contribution >= 4 is 5.82 Å². The van der Waals surface area contributed by atoms with Crippen LogP contribution in [-0.4, -0.2) is 16.1 Å². The maximum absolute atomic E-state index is 5.91. The summed E-state index contributed by atoms with van der Waals surface area (Å²) >= 11 is 0. The number of rotatable bonds is 5. The predicted molar refractivity (Wildman–Crippen MR) is 74.8 cm³/mol. The minimum atomic E-state index is 0.137. The largest absolute Gasteiger partial charge is 0.474 e. The van der Waals surface area contributed by atoms with E-state index < -0.39 is 0 Å². The van der Waals surface area contributed by atoms with Crippen LogP contribution < -0.4 is 10.5 Å². The van der Waals surface area contributed by atoms with Crippen LogP contribution in [0.4, 0.5) is 5.82 Å². The Kier molecular flexibility index (Phi) is 4.93. The molecule has 2 N–H and O–H groups in total. The molecule has 0 saturated carbocycles. The lowest BCUT2D eigenvalue weighted by Gasteiger charge is -2.18. The van der Waals surface area contributed by atoms with E-state index in [0.717, 1.165) is 17.8 Å². The van der Waals surface area contributed by atoms with E-state index in [4.69, 9.17) is 10.5 Å². The number of aromatic nitrogens is 2. The fraction of sp³-hybridized carbons (Fsp3) is 0.714. The molecule has 102 valence electrons. The first-order chi connectivity index (χ1) is 8.31. The summed E-state index contributed by atoms with van der Waals surface area (Å²) in [6, 6.07) is 0. The summed E-state index contributed by atoms with van der Waals surface area (Å²) in [5.41, 5.74) is 6.73. The molecule has 0 aliphatic carbocycles. The van der Waals surface area contributed by atoms with E-state index in [1.807, 2.05) is 20.8 Å². The van der Waals surface area contributed by atoms with Crippen LogP contribution in [-0.2, 0) is 0 Å². The van der Waals surface area contributed by atoms with Gasteiger partial charge in [-0.25, -0.2) is 4.98 Å². The van der Waals surface area contributed by atoms with Crippen molar-refractivity contribution < 1.29 is 4.74 Å². The average molecular weight is 251 g/mol.